The Kier molecular flexibility index (Phi) is 2.45. The smallest absolute Gasteiger partial charge is 0.258 e. The third-order valence-electron chi connectivity index (χ3n) is 3.52. The number of rotatable bonds is 3. The number of ether oxygens (including phenoxy) is 1. The highest BCUT2D eigenvalue weighted by Gasteiger charge is 2.29. The molecule has 3 aromatic rings. The summed E-state index contributed by atoms with van der Waals surface area (Å²) in [6.07, 6.45) is 2.30. The summed E-state index contributed by atoms with van der Waals surface area (Å²) in [4.78, 5) is 8.93. The van der Waals surface area contributed by atoms with Crippen LogP contribution in [0.4, 0.5) is 0 Å². The Morgan fingerprint density at radius 2 is 2.05 bits per heavy atom. The zero-order valence-corrected chi connectivity index (χ0v) is 11.0. The molecule has 1 fully saturated rings. The minimum Gasteiger partial charge on any atom is -0.481 e. The van der Waals surface area contributed by atoms with Crippen molar-refractivity contribution in [1.82, 2.24) is 15.1 Å². The van der Waals surface area contributed by atoms with Crippen LogP contribution in [0.2, 0.25) is 0 Å². The molecule has 20 heavy (non-hydrogen) atoms. The number of methoxy groups -OCH3 is 1. The molecule has 100 valence electrons. The fraction of sp³-hybridized carbons (Fsp3) is 0.267. The SMILES string of the molecule is COc1cc(-c2nc(C3CC3)no2)c2ccccc2n1. The Morgan fingerprint density at radius 3 is 2.85 bits per heavy atom. The molecule has 2 heterocycles. The van der Waals surface area contributed by atoms with Crippen LogP contribution >= 0.6 is 0 Å². The van der Waals surface area contributed by atoms with Gasteiger partial charge in [-0.3, -0.25) is 0 Å². The molecule has 0 saturated heterocycles. The summed E-state index contributed by atoms with van der Waals surface area (Å²) in [7, 11) is 1.60. The van der Waals surface area contributed by atoms with E-state index in [2.05, 4.69) is 15.1 Å². The first kappa shape index (κ1) is 11.4. The third kappa shape index (κ3) is 1.82. The molecule has 0 amide bonds. The highest BCUT2D eigenvalue weighted by molar-refractivity contribution is 5.92. The van der Waals surface area contributed by atoms with Crippen LogP contribution in [0.5, 0.6) is 5.88 Å². The van der Waals surface area contributed by atoms with Crippen molar-refractivity contribution in [1.29, 1.82) is 0 Å². The Labute approximate surface area is 115 Å². The highest BCUT2D eigenvalue weighted by Crippen LogP contribution is 2.39. The minimum atomic E-state index is 0.475. The summed E-state index contributed by atoms with van der Waals surface area (Å²) in [5, 5.41) is 5.06. The maximum Gasteiger partial charge on any atom is 0.258 e. The van der Waals surface area contributed by atoms with Crippen LogP contribution in [0.25, 0.3) is 22.4 Å². The van der Waals surface area contributed by atoms with Crippen LogP contribution in [0, 0.1) is 0 Å². The number of hydrogen-bond acceptors (Lipinski definition) is 5. The molecule has 1 aliphatic rings. The zero-order chi connectivity index (χ0) is 13.5. The van der Waals surface area contributed by atoms with E-state index in [1.54, 1.807) is 7.11 Å². The normalized spacial score (nSPS) is 14.7. The van der Waals surface area contributed by atoms with E-state index in [1.165, 1.54) is 0 Å². The predicted octanol–water partition coefficient (Wildman–Crippen LogP) is 3.17. The number of fused-ring (bicyclic) bond motifs is 1. The van der Waals surface area contributed by atoms with Gasteiger partial charge in [-0.25, -0.2) is 4.98 Å². The van der Waals surface area contributed by atoms with Crippen LogP contribution in [0.1, 0.15) is 24.6 Å². The number of benzene rings is 1. The summed E-state index contributed by atoms with van der Waals surface area (Å²) in [5.41, 5.74) is 1.72. The minimum absolute atomic E-state index is 0.475. The van der Waals surface area contributed by atoms with Crippen molar-refractivity contribution in [3.8, 4) is 17.3 Å². The van der Waals surface area contributed by atoms with Gasteiger partial charge in [-0.15, -0.1) is 0 Å². The van der Waals surface area contributed by atoms with Crippen molar-refractivity contribution in [2.24, 2.45) is 0 Å². The molecule has 4 rings (SSSR count). The molecular weight excluding hydrogens is 254 g/mol. The second kappa shape index (κ2) is 4.30. The van der Waals surface area contributed by atoms with Gasteiger partial charge in [-0.1, -0.05) is 23.4 Å². The number of nitrogens with zero attached hydrogens (tertiary/aromatic N) is 3. The monoisotopic (exact) mass is 267 g/mol. The second-order valence-corrected chi connectivity index (χ2v) is 4.96. The topological polar surface area (TPSA) is 61.0 Å². The Balaban J connectivity index is 1.91. The van der Waals surface area contributed by atoms with Crippen molar-refractivity contribution < 1.29 is 9.26 Å². The van der Waals surface area contributed by atoms with Gasteiger partial charge in [0.15, 0.2) is 5.82 Å². The quantitative estimate of drug-likeness (QED) is 0.729. The van der Waals surface area contributed by atoms with E-state index in [9.17, 15) is 0 Å². The molecule has 0 radical (unpaired) electrons. The zero-order valence-electron chi connectivity index (χ0n) is 11.0. The highest BCUT2D eigenvalue weighted by atomic mass is 16.5. The average molecular weight is 267 g/mol. The third-order valence-corrected chi connectivity index (χ3v) is 3.52. The summed E-state index contributed by atoms with van der Waals surface area (Å²) < 4.78 is 10.7. The molecule has 0 atom stereocenters. The van der Waals surface area contributed by atoms with E-state index in [0.717, 1.165) is 35.1 Å². The molecule has 1 aliphatic carbocycles. The second-order valence-electron chi connectivity index (χ2n) is 4.96. The lowest BCUT2D eigenvalue weighted by atomic mass is 10.1. The van der Waals surface area contributed by atoms with Gasteiger partial charge < -0.3 is 9.26 Å². The van der Waals surface area contributed by atoms with Gasteiger partial charge >= 0.3 is 0 Å². The van der Waals surface area contributed by atoms with Crippen LogP contribution in [0.15, 0.2) is 34.9 Å². The molecule has 5 nitrogen and oxygen atoms in total. The van der Waals surface area contributed by atoms with E-state index < -0.39 is 0 Å². The van der Waals surface area contributed by atoms with E-state index >= 15 is 0 Å². The molecule has 0 spiro atoms. The molecule has 0 aliphatic heterocycles. The molecule has 1 aromatic carbocycles. The molecular formula is C15H13N3O2. The largest absolute Gasteiger partial charge is 0.481 e. The van der Waals surface area contributed by atoms with Crippen molar-refractivity contribution in [3.05, 3.63) is 36.2 Å². The first-order valence-electron chi connectivity index (χ1n) is 6.63. The molecule has 5 heteroatoms. The van der Waals surface area contributed by atoms with Crippen LogP contribution < -0.4 is 4.74 Å². The maximum atomic E-state index is 5.42. The number of aromatic nitrogens is 3. The van der Waals surface area contributed by atoms with E-state index in [0.29, 0.717) is 17.7 Å². The molecule has 0 unspecified atom stereocenters. The number of pyridine rings is 1. The first-order chi connectivity index (χ1) is 9.85. The summed E-state index contributed by atoms with van der Waals surface area (Å²) in [6.45, 7) is 0. The molecule has 2 aromatic heterocycles. The van der Waals surface area contributed by atoms with Crippen molar-refractivity contribution >= 4 is 10.9 Å². The molecule has 0 N–H and O–H groups in total. The fourth-order valence-electron chi connectivity index (χ4n) is 2.28. The Morgan fingerprint density at radius 1 is 1.20 bits per heavy atom. The van der Waals surface area contributed by atoms with E-state index in [-0.39, 0.29) is 0 Å². The standard InChI is InChI=1S/C15H13N3O2/c1-19-13-8-11(10-4-2-3-5-12(10)16-13)15-17-14(18-20-15)9-6-7-9/h2-5,8-9H,6-7H2,1H3. The van der Waals surface area contributed by atoms with Gasteiger partial charge in [-0.05, 0) is 18.9 Å². The van der Waals surface area contributed by atoms with Crippen LogP contribution in [-0.4, -0.2) is 22.2 Å². The van der Waals surface area contributed by atoms with E-state index in [4.69, 9.17) is 9.26 Å². The summed E-state index contributed by atoms with van der Waals surface area (Å²) in [5.74, 6) is 2.36. The number of hydrogen-bond donors (Lipinski definition) is 0. The fourth-order valence-corrected chi connectivity index (χ4v) is 2.28. The summed E-state index contributed by atoms with van der Waals surface area (Å²) in [6, 6.07) is 9.70. The lowest BCUT2D eigenvalue weighted by Crippen LogP contribution is -1.91. The Bertz CT molecular complexity index is 778. The predicted molar refractivity (Wildman–Crippen MR) is 73.6 cm³/mol. The van der Waals surface area contributed by atoms with Crippen molar-refractivity contribution in [2.75, 3.05) is 7.11 Å². The summed E-state index contributed by atoms with van der Waals surface area (Å²) >= 11 is 0. The van der Waals surface area contributed by atoms with Crippen LogP contribution in [-0.2, 0) is 0 Å². The van der Waals surface area contributed by atoms with E-state index in [1.807, 2.05) is 30.3 Å². The lowest BCUT2D eigenvalue weighted by Gasteiger charge is -2.05. The van der Waals surface area contributed by atoms with Crippen molar-refractivity contribution in [2.45, 2.75) is 18.8 Å². The average Bonchev–Trinajstić information content (AvgIpc) is 3.24. The maximum absolute atomic E-state index is 5.42. The van der Waals surface area contributed by atoms with Gasteiger partial charge in [0.1, 0.15) is 0 Å². The molecule has 0 bridgehead atoms. The molecule has 1 saturated carbocycles. The van der Waals surface area contributed by atoms with Gasteiger partial charge in [0, 0.05) is 17.4 Å². The van der Waals surface area contributed by atoms with Gasteiger partial charge in [0.2, 0.25) is 5.88 Å². The Hall–Kier alpha value is -2.43. The van der Waals surface area contributed by atoms with Gasteiger partial charge in [0.25, 0.3) is 5.89 Å². The lowest BCUT2D eigenvalue weighted by molar-refractivity contribution is 0.398. The first-order valence-corrected chi connectivity index (χ1v) is 6.63. The van der Waals surface area contributed by atoms with Crippen LogP contribution in [0.3, 0.4) is 0 Å². The van der Waals surface area contributed by atoms with Gasteiger partial charge in [0.05, 0.1) is 18.2 Å². The van der Waals surface area contributed by atoms with Gasteiger partial charge in [-0.2, -0.15) is 4.98 Å². The van der Waals surface area contributed by atoms with Crippen molar-refractivity contribution in [3.63, 3.8) is 0 Å². The number of para-hydroxylation sites is 1.